The van der Waals surface area contributed by atoms with Crippen molar-refractivity contribution in [3.8, 4) is 22.3 Å². The van der Waals surface area contributed by atoms with E-state index < -0.39 is 60.1 Å². The standard InChI is InChI=1S/2C24H26N4O3S.2C2HF3O2/c2*1-15(20(24(30)31-3)11-16-6-4-7-17(10-16)22(25)26)27-23(29)21-12-19(14-32-21)18-8-5-9-28(2)13-18;2*3-2(4,5)1(6)7/h2*4-10,12-15,20H,11H2,1-3H3,(H3-,25,26,27,29);2*(H,6,7)/t2*15-,20-;;/m11../s1. The van der Waals surface area contributed by atoms with Crippen molar-refractivity contribution in [3.05, 3.63) is 152 Å². The lowest BCUT2D eigenvalue weighted by Gasteiger charge is -2.23. The number of carbonyl (C=O) groups excluding carboxylic acids is 6. The normalized spacial score (nSPS) is 12.4. The van der Waals surface area contributed by atoms with E-state index in [1.54, 1.807) is 50.2 Å². The summed E-state index contributed by atoms with van der Waals surface area (Å²) in [6, 6.07) is 25.0. The van der Waals surface area contributed by atoms with E-state index in [-0.39, 0.29) is 23.5 Å². The van der Waals surface area contributed by atoms with E-state index in [4.69, 9.17) is 51.6 Å². The molecule has 8 N–H and O–H groups in total. The molecule has 0 saturated carbocycles. The summed E-state index contributed by atoms with van der Waals surface area (Å²) < 4.78 is 77.0. The number of esters is 2. The number of methoxy groups -OCH3 is 2. The molecule has 416 valence electrons. The van der Waals surface area contributed by atoms with Crippen molar-refractivity contribution in [2.45, 2.75) is 51.1 Å². The first-order valence-corrected chi connectivity index (χ1v) is 24.5. The molecule has 0 unspecified atom stereocenters. The molecule has 2 amide bonds. The van der Waals surface area contributed by atoms with Gasteiger partial charge in [0.25, 0.3) is 11.8 Å². The predicted molar refractivity (Wildman–Crippen MR) is 271 cm³/mol. The Morgan fingerprint density at radius 3 is 1.21 bits per heavy atom. The Kier molecular flexibility index (Phi) is 23.8. The van der Waals surface area contributed by atoms with E-state index in [9.17, 15) is 45.5 Å². The number of hydrogen-bond donors (Lipinski definition) is 6. The van der Waals surface area contributed by atoms with Crippen molar-refractivity contribution >= 4 is 70.0 Å². The van der Waals surface area contributed by atoms with Gasteiger partial charge < -0.3 is 51.4 Å². The lowest BCUT2D eigenvalue weighted by atomic mass is 9.92. The molecule has 0 radical (unpaired) electrons. The smallest absolute Gasteiger partial charge is 0.430 e. The molecule has 0 aliphatic carbocycles. The first-order chi connectivity index (χ1) is 36.4. The van der Waals surface area contributed by atoms with Gasteiger partial charge in [0.2, 0.25) is 0 Å². The predicted octanol–water partition coefficient (Wildman–Crippen LogP) is 3.94. The number of nitrogens with two attached hydrogens (primary N) is 2. The number of thiophene rings is 2. The third-order valence-electron chi connectivity index (χ3n) is 11.0. The SMILES string of the molecule is COC(=O)[C@H](Cc1cccc(C(=N)N)c1)[C@@H](C)NC(=O)c1cc(-c2ccc[n+](C)c2)cs1.COC(=O)[C@H](Cc1cccc(C(=N)N)c1)[C@@H](C)NC(=O)c1cc(-c2ccc[n+](C)c2)cs1.O=C([O-])C(F)(F)F.O=C([O-])C(F)(F)F. The number of nitrogens with one attached hydrogen (secondary N) is 4. The second kappa shape index (κ2) is 29.1. The molecule has 78 heavy (non-hydrogen) atoms. The number of nitrogen functional groups attached to an aromatic ring is 2. The topological polar surface area (TPSA) is 299 Å². The third-order valence-corrected chi connectivity index (χ3v) is 12.8. The zero-order chi connectivity index (χ0) is 58.7. The summed E-state index contributed by atoms with van der Waals surface area (Å²) in [5.74, 6) is -8.55. The number of rotatable bonds is 16. The highest BCUT2D eigenvalue weighted by atomic mass is 32.1. The number of alkyl halides is 6. The number of carbonyl (C=O) groups is 6. The molecule has 0 bridgehead atoms. The number of aromatic nitrogens is 2. The molecule has 26 heteroatoms. The molecular weight excluding hydrogens is 1070 g/mol. The van der Waals surface area contributed by atoms with Crippen LogP contribution in [0.15, 0.2) is 120 Å². The summed E-state index contributed by atoms with van der Waals surface area (Å²) in [6.45, 7) is 3.58. The van der Waals surface area contributed by atoms with Gasteiger partial charge in [-0.25, -0.2) is 9.13 Å². The zero-order valence-electron chi connectivity index (χ0n) is 42.5. The molecule has 0 spiro atoms. The second-order valence-electron chi connectivity index (χ2n) is 16.9. The molecule has 4 aromatic heterocycles. The number of halogens is 6. The summed E-state index contributed by atoms with van der Waals surface area (Å²) in [4.78, 5) is 69.4. The maximum absolute atomic E-state index is 12.9. The van der Waals surface area contributed by atoms with Gasteiger partial charge in [0.1, 0.15) is 37.7 Å². The van der Waals surface area contributed by atoms with Crippen LogP contribution in [0.1, 0.15) is 55.4 Å². The monoisotopic (exact) mass is 1130 g/mol. The molecule has 4 atom stereocenters. The van der Waals surface area contributed by atoms with Crippen LogP contribution >= 0.6 is 22.7 Å². The lowest BCUT2D eigenvalue weighted by Crippen LogP contribution is -2.42. The van der Waals surface area contributed by atoms with Gasteiger partial charge in [0.05, 0.1) is 35.8 Å². The van der Waals surface area contributed by atoms with E-state index in [1.165, 1.54) is 36.9 Å². The molecule has 2 aromatic carbocycles. The van der Waals surface area contributed by atoms with Gasteiger partial charge in [-0.1, -0.05) is 36.4 Å². The number of nitrogens with zero attached hydrogens (tertiary/aromatic N) is 2. The third kappa shape index (κ3) is 20.2. The Hall–Kier alpha value is -8.52. The first-order valence-electron chi connectivity index (χ1n) is 22.7. The number of hydrogen-bond acceptors (Lipinski definition) is 14. The number of aryl methyl sites for hydroxylation is 2. The number of carboxylic acids is 2. The van der Waals surface area contributed by atoms with Crippen molar-refractivity contribution in [1.82, 2.24) is 10.6 Å². The number of amides is 2. The Labute approximate surface area is 451 Å². The van der Waals surface area contributed by atoms with Gasteiger partial charge in [-0.3, -0.25) is 30.0 Å². The fraction of sp³-hybridized carbons (Fsp3) is 0.269. The van der Waals surface area contributed by atoms with Crippen LogP contribution in [0.3, 0.4) is 0 Å². The van der Waals surface area contributed by atoms with Crippen LogP contribution < -0.4 is 41.4 Å². The quantitative estimate of drug-likeness (QED) is 0.0264. The van der Waals surface area contributed by atoms with Crippen LogP contribution in [0, 0.1) is 22.7 Å². The fourth-order valence-electron chi connectivity index (χ4n) is 6.96. The van der Waals surface area contributed by atoms with E-state index in [0.717, 1.165) is 33.4 Å². The van der Waals surface area contributed by atoms with Gasteiger partial charge in [0.15, 0.2) is 24.8 Å². The maximum Gasteiger partial charge on any atom is 0.430 e. The molecule has 0 fully saturated rings. The van der Waals surface area contributed by atoms with Crippen LogP contribution in [0.2, 0.25) is 0 Å². The van der Waals surface area contributed by atoms with Crippen molar-refractivity contribution in [2.24, 2.45) is 37.4 Å². The average molecular weight is 1130 g/mol. The Bertz CT molecular complexity index is 2890. The van der Waals surface area contributed by atoms with Crippen molar-refractivity contribution < 1.29 is 83.9 Å². The maximum atomic E-state index is 12.9. The van der Waals surface area contributed by atoms with E-state index in [2.05, 4.69) is 10.6 Å². The van der Waals surface area contributed by atoms with Gasteiger partial charge in [-0.15, -0.1) is 22.7 Å². The van der Waals surface area contributed by atoms with Gasteiger partial charge >= 0.3 is 24.3 Å². The average Bonchev–Trinajstić information content (AvgIpc) is 4.09. The van der Waals surface area contributed by atoms with Crippen LogP contribution in [-0.2, 0) is 55.6 Å². The minimum absolute atomic E-state index is 0.0386. The van der Waals surface area contributed by atoms with Crippen molar-refractivity contribution in [1.29, 1.82) is 10.8 Å². The summed E-state index contributed by atoms with van der Waals surface area (Å²) in [6.07, 6.45) is -1.80. The second-order valence-corrected chi connectivity index (χ2v) is 18.7. The summed E-state index contributed by atoms with van der Waals surface area (Å²) in [5.41, 5.74) is 18.0. The van der Waals surface area contributed by atoms with E-state index in [1.807, 2.05) is 107 Å². The molecule has 6 aromatic rings. The summed E-state index contributed by atoms with van der Waals surface area (Å²) in [7, 11) is 6.57. The molecule has 0 aliphatic heterocycles. The fourth-order valence-corrected chi connectivity index (χ4v) is 8.60. The first kappa shape index (κ1) is 63.8. The Morgan fingerprint density at radius 2 is 0.923 bits per heavy atom. The molecule has 4 heterocycles. The molecule has 18 nitrogen and oxygen atoms in total. The van der Waals surface area contributed by atoms with Crippen LogP contribution in [0.5, 0.6) is 0 Å². The minimum Gasteiger partial charge on any atom is -0.542 e. The van der Waals surface area contributed by atoms with Crippen LogP contribution in [-0.4, -0.2) is 86.0 Å². The number of ether oxygens (including phenoxy) is 2. The molecular formula is C52H54F6N8O10S2. The van der Waals surface area contributed by atoms with Crippen molar-refractivity contribution in [2.75, 3.05) is 14.2 Å². The number of amidine groups is 2. The zero-order valence-corrected chi connectivity index (χ0v) is 44.1. The largest absolute Gasteiger partial charge is 0.542 e. The highest BCUT2D eigenvalue weighted by Crippen LogP contribution is 2.27. The number of benzene rings is 2. The lowest BCUT2D eigenvalue weighted by molar-refractivity contribution is -0.671. The molecule has 6 rings (SSSR count). The van der Waals surface area contributed by atoms with Gasteiger partial charge in [-0.05, 0) is 96.1 Å². The van der Waals surface area contributed by atoms with Crippen molar-refractivity contribution in [3.63, 3.8) is 0 Å². The minimum atomic E-state index is -5.19. The van der Waals surface area contributed by atoms with Gasteiger partial charge in [0, 0.05) is 46.5 Å². The van der Waals surface area contributed by atoms with Crippen LogP contribution in [0.4, 0.5) is 26.3 Å². The Balaban J connectivity index is 0.000000329. The summed E-state index contributed by atoms with van der Waals surface area (Å²) in [5, 5.41) is 42.6. The number of aliphatic carboxylic acids is 2. The molecule has 0 aliphatic rings. The highest BCUT2D eigenvalue weighted by Gasteiger charge is 2.31. The Morgan fingerprint density at radius 1 is 0.590 bits per heavy atom. The van der Waals surface area contributed by atoms with Crippen LogP contribution in [0.25, 0.3) is 22.3 Å². The summed E-state index contributed by atoms with van der Waals surface area (Å²) >= 11 is 2.72. The highest BCUT2D eigenvalue weighted by molar-refractivity contribution is 7.12. The van der Waals surface area contributed by atoms with E-state index >= 15 is 0 Å². The number of pyridine rings is 2. The number of carboxylic acid groups (broad SMARTS) is 2. The van der Waals surface area contributed by atoms with E-state index in [0.29, 0.717) is 33.7 Å². The molecule has 0 saturated heterocycles. The van der Waals surface area contributed by atoms with Gasteiger partial charge in [-0.2, -0.15) is 26.3 Å².